The molecule has 2 unspecified atom stereocenters. The van der Waals surface area contributed by atoms with Gasteiger partial charge in [0, 0.05) is 11.5 Å². The van der Waals surface area contributed by atoms with Gasteiger partial charge in [-0.1, -0.05) is 18.2 Å². The van der Waals surface area contributed by atoms with Gasteiger partial charge in [-0.15, -0.1) is 11.8 Å². The number of thioether (sulfide) groups is 1. The highest BCUT2D eigenvalue weighted by Crippen LogP contribution is 2.50. The van der Waals surface area contributed by atoms with Crippen LogP contribution in [0.25, 0.3) is 0 Å². The second-order valence-corrected chi connectivity index (χ2v) is 6.92. The second-order valence-electron chi connectivity index (χ2n) is 5.75. The molecule has 1 aromatic rings. The lowest BCUT2D eigenvalue weighted by molar-refractivity contribution is -0.153. The molecule has 1 saturated carbocycles. The Morgan fingerprint density at radius 2 is 2.10 bits per heavy atom. The molecule has 3 nitrogen and oxygen atoms in total. The van der Waals surface area contributed by atoms with Gasteiger partial charge < -0.3 is 9.84 Å². The van der Waals surface area contributed by atoms with Gasteiger partial charge in [0.25, 0.3) is 0 Å². The molecular weight excluding hydrogens is 272 g/mol. The Hall–Kier alpha value is -1.00. The van der Waals surface area contributed by atoms with Crippen LogP contribution < -0.4 is 0 Å². The molecule has 2 fully saturated rings. The van der Waals surface area contributed by atoms with Gasteiger partial charge in [0.15, 0.2) is 0 Å². The summed E-state index contributed by atoms with van der Waals surface area (Å²) in [5.74, 6) is 0.652. The number of hydrogen-bond donors (Lipinski definition) is 1. The van der Waals surface area contributed by atoms with Crippen LogP contribution in [-0.4, -0.2) is 29.5 Å². The van der Waals surface area contributed by atoms with Crippen LogP contribution in [-0.2, 0) is 9.53 Å². The van der Waals surface area contributed by atoms with Crippen molar-refractivity contribution in [2.24, 2.45) is 11.3 Å². The quantitative estimate of drug-likeness (QED) is 0.816. The zero-order chi connectivity index (χ0) is 14.0. The molecule has 2 aliphatic rings. The van der Waals surface area contributed by atoms with E-state index in [1.807, 2.05) is 18.2 Å². The molecule has 0 amide bonds. The van der Waals surface area contributed by atoms with Gasteiger partial charge in [0.1, 0.15) is 0 Å². The fraction of sp³-hybridized carbons (Fsp3) is 0.562. The van der Waals surface area contributed by atoms with Gasteiger partial charge >= 0.3 is 5.97 Å². The maximum Gasteiger partial charge on any atom is 0.312 e. The smallest absolute Gasteiger partial charge is 0.312 e. The predicted molar refractivity (Wildman–Crippen MR) is 78.9 cm³/mol. The molecule has 0 radical (unpaired) electrons. The number of aliphatic carboxylic acids is 1. The third kappa shape index (κ3) is 2.72. The molecule has 20 heavy (non-hydrogen) atoms. The van der Waals surface area contributed by atoms with Crippen molar-refractivity contribution in [1.82, 2.24) is 0 Å². The standard InChI is InChI=1S/C16H20O3S/c17-15(18)16(8-10-19-14(16)12-6-7-12)9-11-20-13-4-2-1-3-5-13/h1-5,12,14H,6-11H2,(H,17,18). The average Bonchev–Trinajstić information content (AvgIpc) is 3.20. The average molecular weight is 292 g/mol. The molecule has 0 spiro atoms. The van der Waals surface area contributed by atoms with E-state index >= 15 is 0 Å². The first kappa shape index (κ1) is 14.0. The summed E-state index contributed by atoms with van der Waals surface area (Å²) in [6.45, 7) is 0.601. The summed E-state index contributed by atoms with van der Waals surface area (Å²) in [4.78, 5) is 13.0. The largest absolute Gasteiger partial charge is 0.481 e. The molecule has 2 atom stereocenters. The number of carboxylic acid groups (broad SMARTS) is 1. The van der Waals surface area contributed by atoms with Crippen LogP contribution in [0, 0.1) is 11.3 Å². The van der Waals surface area contributed by atoms with E-state index in [1.165, 1.54) is 4.90 Å². The molecular formula is C16H20O3S. The van der Waals surface area contributed by atoms with E-state index in [9.17, 15) is 9.90 Å². The van der Waals surface area contributed by atoms with Crippen LogP contribution in [0.5, 0.6) is 0 Å². The van der Waals surface area contributed by atoms with Gasteiger partial charge in [-0.05, 0) is 49.5 Å². The molecule has 0 bridgehead atoms. The Kier molecular flexibility index (Phi) is 4.03. The Balaban J connectivity index is 1.64. The molecule has 4 heteroatoms. The molecule has 3 rings (SSSR count). The summed E-state index contributed by atoms with van der Waals surface area (Å²) in [6, 6.07) is 10.2. The highest BCUT2D eigenvalue weighted by molar-refractivity contribution is 7.99. The van der Waals surface area contributed by atoms with Crippen LogP contribution in [0.1, 0.15) is 25.7 Å². The minimum absolute atomic E-state index is 0.0589. The molecule has 1 aromatic carbocycles. The minimum Gasteiger partial charge on any atom is -0.481 e. The SMILES string of the molecule is O=C(O)C1(CCSc2ccccc2)CCOC1C1CC1. The minimum atomic E-state index is -0.666. The van der Waals surface area contributed by atoms with Crippen LogP contribution in [0.2, 0.25) is 0 Å². The van der Waals surface area contributed by atoms with Crippen LogP contribution in [0.15, 0.2) is 35.2 Å². The highest BCUT2D eigenvalue weighted by atomic mass is 32.2. The summed E-state index contributed by atoms with van der Waals surface area (Å²) >= 11 is 1.74. The molecule has 1 heterocycles. The third-order valence-electron chi connectivity index (χ3n) is 4.43. The number of hydrogen-bond acceptors (Lipinski definition) is 3. The van der Waals surface area contributed by atoms with E-state index in [2.05, 4.69) is 12.1 Å². The van der Waals surface area contributed by atoms with E-state index in [0.717, 1.165) is 18.6 Å². The zero-order valence-electron chi connectivity index (χ0n) is 11.5. The molecule has 1 aliphatic carbocycles. The Bertz CT molecular complexity index is 472. The van der Waals surface area contributed by atoms with Crippen LogP contribution >= 0.6 is 11.8 Å². The monoisotopic (exact) mass is 292 g/mol. The summed E-state index contributed by atoms with van der Waals surface area (Å²) in [5.41, 5.74) is -0.650. The van der Waals surface area contributed by atoms with Gasteiger partial charge in [0.2, 0.25) is 0 Å². The number of carbonyl (C=O) groups is 1. The number of carboxylic acids is 1. The normalized spacial score (nSPS) is 29.5. The van der Waals surface area contributed by atoms with Gasteiger partial charge in [-0.2, -0.15) is 0 Å². The number of benzene rings is 1. The van der Waals surface area contributed by atoms with Gasteiger partial charge in [-0.25, -0.2) is 0 Å². The molecule has 0 aromatic heterocycles. The number of ether oxygens (including phenoxy) is 1. The van der Waals surface area contributed by atoms with Gasteiger partial charge in [-0.3, -0.25) is 4.79 Å². The fourth-order valence-electron chi connectivity index (χ4n) is 3.13. The Morgan fingerprint density at radius 1 is 1.35 bits per heavy atom. The predicted octanol–water partition coefficient (Wildman–Crippen LogP) is 3.44. The number of rotatable bonds is 6. The lowest BCUT2D eigenvalue weighted by atomic mass is 9.76. The summed E-state index contributed by atoms with van der Waals surface area (Å²) in [5, 5.41) is 9.72. The summed E-state index contributed by atoms with van der Waals surface area (Å²) < 4.78 is 5.77. The first-order valence-corrected chi connectivity index (χ1v) is 8.24. The first-order chi connectivity index (χ1) is 9.72. The summed E-state index contributed by atoms with van der Waals surface area (Å²) in [6.07, 6.45) is 3.57. The molecule has 1 aliphatic heterocycles. The van der Waals surface area contributed by atoms with Crippen molar-refractivity contribution in [3.05, 3.63) is 30.3 Å². The van der Waals surface area contributed by atoms with E-state index in [4.69, 9.17) is 4.74 Å². The van der Waals surface area contributed by atoms with Crippen LogP contribution in [0.3, 0.4) is 0 Å². The second kappa shape index (κ2) is 5.78. The maximum atomic E-state index is 11.8. The van der Waals surface area contributed by atoms with Crippen molar-refractivity contribution in [1.29, 1.82) is 0 Å². The summed E-state index contributed by atoms with van der Waals surface area (Å²) in [7, 11) is 0. The van der Waals surface area contributed by atoms with Crippen molar-refractivity contribution in [3.63, 3.8) is 0 Å². The molecule has 1 saturated heterocycles. The van der Waals surface area contributed by atoms with Crippen molar-refractivity contribution in [3.8, 4) is 0 Å². The van der Waals surface area contributed by atoms with Crippen molar-refractivity contribution in [2.75, 3.05) is 12.4 Å². The lowest BCUT2D eigenvalue weighted by Crippen LogP contribution is -2.40. The van der Waals surface area contributed by atoms with E-state index in [0.29, 0.717) is 25.4 Å². The van der Waals surface area contributed by atoms with Crippen LogP contribution in [0.4, 0.5) is 0 Å². The van der Waals surface area contributed by atoms with Crippen molar-refractivity contribution >= 4 is 17.7 Å². The van der Waals surface area contributed by atoms with E-state index < -0.39 is 11.4 Å². The Morgan fingerprint density at radius 3 is 2.75 bits per heavy atom. The van der Waals surface area contributed by atoms with E-state index in [-0.39, 0.29) is 6.10 Å². The molecule has 108 valence electrons. The van der Waals surface area contributed by atoms with Gasteiger partial charge in [0.05, 0.1) is 11.5 Å². The lowest BCUT2D eigenvalue weighted by Gasteiger charge is -2.29. The molecule has 1 N–H and O–H groups in total. The van der Waals surface area contributed by atoms with Crippen molar-refractivity contribution < 1.29 is 14.6 Å². The maximum absolute atomic E-state index is 11.8. The van der Waals surface area contributed by atoms with Crippen molar-refractivity contribution in [2.45, 2.75) is 36.7 Å². The topological polar surface area (TPSA) is 46.5 Å². The first-order valence-electron chi connectivity index (χ1n) is 7.25. The Labute approximate surface area is 123 Å². The zero-order valence-corrected chi connectivity index (χ0v) is 12.3. The third-order valence-corrected chi connectivity index (χ3v) is 5.44. The fourth-order valence-corrected chi connectivity index (χ4v) is 4.18. The highest BCUT2D eigenvalue weighted by Gasteiger charge is 2.55. The van der Waals surface area contributed by atoms with E-state index in [1.54, 1.807) is 11.8 Å².